The average Bonchev–Trinajstić information content (AvgIpc) is 2.63. The van der Waals surface area contributed by atoms with E-state index in [4.69, 9.17) is 4.74 Å². The van der Waals surface area contributed by atoms with Crippen molar-refractivity contribution < 1.29 is 9.84 Å². The summed E-state index contributed by atoms with van der Waals surface area (Å²) >= 11 is 3.59. The lowest BCUT2D eigenvalue weighted by atomic mass is 9.87. The fourth-order valence-corrected chi connectivity index (χ4v) is 3.45. The number of likely N-dealkylation sites (tertiary alicyclic amines) is 1. The molecular weight excluding hydrogens is 330 g/mol. The third kappa shape index (κ3) is 4.44. The zero-order valence-electron chi connectivity index (χ0n) is 13.2. The molecule has 21 heavy (non-hydrogen) atoms. The minimum Gasteiger partial charge on any atom is -0.497 e. The Morgan fingerprint density at radius 3 is 2.76 bits per heavy atom. The van der Waals surface area contributed by atoms with Crippen LogP contribution in [-0.4, -0.2) is 41.8 Å². The van der Waals surface area contributed by atoms with Gasteiger partial charge in [-0.25, -0.2) is 0 Å². The minimum atomic E-state index is -0.613. The molecule has 0 amide bonds. The monoisotopic (exact) mass is 355 g/mol. The number of hydrogen-bond acceptors (Lipinski definition) is 3. The van der Waals surface area contributed by atoms with Gasteiger partial charge in [-0.05, 0) is 63.4 Å². The lowest BCUT2D eigenvalue weighted by molar-refractivity contribution is 0.0247. The molecule has 0 spiro atoms. The third-order valence-corrected chi connectivity index (χ3v) is 5.23. The number of aliphatic hydroxyl groups is 1. The fourth-order valence-electron chi connectivity index (χ4n) is 3.06. The highest BCUT2D eigenvalue weighted by molar-refractivity contribution is 9.10. The summed E-state index contributed by atoms with van der Waals surface area (Å²) in [5, 5.41) is 11.0. The lowest BCUT2D eigenvalue weighted by Crippen LogP contribution is -2.35. The van der Waals surface area contributed by atoms with Crippen molar-refractivity contribution in [1.29, 1.82) is 0 Å². The molecule has 0 radical (unpaired) electrons. The predicted molar refractivity (Wildman–Crippen MR) is 89.9 cm³/mol. The van der Waals surface area contributed by atoms with E-state index in [0.717, 1.165) is 48.1 Å². The second-order valence-corrected chi connectivity index (χ2v) is 7.20. The van der Waals surface area contributed by atoms with Gasteiger partial charge in [0.25, 0.3) is 0 Å². The Morgan fingerprint density at radius 2 is 2.10 bits per heavy atom. The maximum Gasteiger partial charge on any atom is 0.119 e. The van der Waals surface area contributed by atoms with Gasteiger partial charge in [0.05, 0.1) is 12.7 Å². The topological polar surface area (TPSA) is 32.7 Å². The molecular formula is C17H26BrNO2. The molecule has 2 rings (SSSR count). The lowest BCUT2D eigenvalue weighted by Gasteiger charge is -2.28. The van der Waals surface area contributed by atoms with Crippen LogP contribution < -0.4 is 4.74 Å². The van der Waals surface area contributed by atoms with Crippen molar-refractivity contribution >= 4 is 15.9 Å². The number of hydrogen-bond donors (Lipinski definition) is 1. The summed E-state index contributed by atoms with van der Waals surface area (Å²) in [4.78, 5) is 2.46. The zero-order valence-corrected chi connectivity index (χ0v) is 14.8. The van der Waals surface area contributed by atoms with Crippen molar-refractivity contribution in [2.24, 2.45) is 0 Å². The highest BCUT2D eigenvalue weighted by Gasteiger charge is 2.31. The molecule has 0 saturated carbocycles. The highest BCUT2D eigenvalue weighted by atomic mass is 79.9. The van der Waals surface area contributed by atoms with E-state index in [1.807, 2.05) is 18.2 Å². The molecule has 1 aromatic rings. The standard InChI is InChI=1S/C17H26BrNO2/c1-13(2)19-9-4-7-17(20,8-10-19)12-14-11-15(21-3)5-6-16(14)18/h5-6,11,13,20H,4,7-10,12H2,1-3H3. The van der Waals surface area contributed by atoms with Crippen molar-refractivity contribution in [2.75, 3.05) is 20.2 Å². The SMILES string of the molecule is COc1ccc(Br)c(CC2(O)CCCN(C(C)C)CC2)c1. The van der Waals surface area contributed by atoms with E-state index in [1.54, 1.807) is 7.11 Å². The molecule has 0 aliphatic carbocycles. The van der Waals surface area contributed by atoms with Crippen LogP contribution in [0.25, 0.3) is 0 Å². The number of rotatable bonds is 4. The molecule has 1 aromatic carbocycles. The van der Waals surface area contributed by atoms with E-state index in [9.17, 15) is 5.11 Å². The molecule has 4 heteroatoms. The first-order chi connectivity index (χ1) is 9.93. The van der Waals surface area contributed by atoms with Gasteiger partial charge in [-0.15, -0.1) is 0 Å². The van der Waals surface area contributed by atoms with Gasteiger partial charge in [-0.1, -0.05) is 15.9 Å². The van der Waals surface area contributed by atoms with Gasteiger partial charge in [0.1, 0.15) is 5.75 Å². The molecule has 1 saturated heterocycles. The first kappa shape index (κ1) is 16.8. The first-order valence-corrected chi connectivity index (χ1v) is 8.52. The highest BCUT2D eigenvalue weighted by Crippen LogP contribution is 2.31. The molecule has 0 bridgehead atoms. The van der Waals surface area contributed by atoms with Gasteiger partial charge in [-0.3, -0.25) is 0 Å². The third-order valence-electron chi connectivity index (χ3n) is 4.45. The molecule has 118 valence electrons. The van der Waals surface area contributed by atoms with Crippen molar-refractivity contribution in [2.45, 2.75) is 51.2 Å². The molecule has 1 heterocycles. The summed E-state index contributed by atoms with van der Waals surface area (Å²) < 4.78 is 6.34. The quantitative estimate of drug-likeness (QED) is 0.894. The van der Waals surface area contributed by atoms with E-state index in [-0.39, 0.29) is 0 Å². The number of halogens is 1. The summed E-state index contributed by atoms with van der Waals surface area (Å²) in [6, 6.07) is 6.50. The van der Waals surface area contributed by atoms with Crippen LogP contribution in [0.5, 0.6) is 5.75 Å². The van der Waals surface area contributed by atoms with Crippen LogP contribution in [-0.2, 0) is 6.42 Å². The van der Waals surface area contributed by atoms with Gasteiger partial charge < -0.3 is 14.7 Å². The number of methoxy groups -OCH3 is 1. The van der Waals surface area contributed by atoms with Crippen LogP contribution in [0.3, 0.4) is 0 Å². The predicted octanol–water partition coefficient (Wildman–Crippen LogP) is 3.63. The van der Waals surface area contributed by atoms with Gasteiger partial charge in [0, 0.05) is 23.5 Å². The van der Waals surface area contributed by atoms with Gasteiger partial charge >= 0.3 is 0 Å². The molecule has 1 aliphatic rings. The van der Waals surface area contributed by atoms with Gasteiger partial charge in [0.2, 0.25) is 0 Å². The van der Waals surface area contributed by atoms with Crippen molar-refractivity contribution in [3.63, 3.8) is 0 Å². The summed E-state index contributed by atoms with van der Waals surface area (Å²) in [5.74, 6) is 0.842. The van der Waals surface area contributed by atoms with Gasteiger partial charge in [-0.2, -0.15) is 0 Å². The van der Waals surface area contributed by atoms with Crippen LogP contribution in [0.15, 0.2) is 22.7 Å². The zero-order chi connectivity index (χ0) is 15.5. The summed E-state index contributed by atoms with van der Waals surface area (Å²) in [5.41, 5.74) is 0.508. The van der Waals surface area contributed by atoms with Crippen LogP contribution in [0.4, 0.5) is 0 Å². The van der Waals surface area contributed by atoms with E-state index in [1.165, 1.54) is 0 Å². The normalized spacial score (nSPS) is 24.1. The largest absolute Gasteiger partial charge is 0.497 e. The van der Waals surface area contributed by atoms with E-state index in [2.05, 4.69) is 34.7 Å². The average molecular weight is 356 g/mol. The molecule has 1 unspecified atom stereocenters. The van der Waals surface area contributed by atoms with E-state index in [0.29, 0.717) is 12.5 Å². The Labute approximate surface area is 136 Å². The maximum absolute atomic E-state index is 11.0. The summed E-state index contributed by atoms with van der Waals surface area (Å²) in [7, 11) is 1.67. The molecule has 3 nitrogen and oxygen atoms in total. The van der Waals surface area contributed by atoms with Crippen molar-refractivity contribution in [1.82, 2.24) is 4.90 Å². The van der Waals surface area contributed by atoms with E-state index < -0.39 is 5.60 Å². The van der Waals surface area contributed by atoms with Crippen LogP contribution in [0.1, 0.15) is 38.7 Å². The van der Waals surface area contributed by atoms with E-state index >= 15 is 0 Å². The second kappa shape index (κ2) is 7.12. The molecule has 0 aromatic heterocycles. The second-order valence-electron chi connectivity index (χ2n) is 6.34. The Hall–Kier alpha value is -0.580. The van der Waals surface area contributed by atoms with Crippen molar-refractivity contribution in [3.05, 3.63) is 28.2 Å². The van der Waals surface area contributed by atoms with Gasteiger partial charge in [0.15, 0.2) is 0 Å². The maximum atomic E-state index is 11.0. The minimum absolute atomic E-state index is 0.552. The van der Waals surface area contributed by atoms with Crippen LogP contribution in [0, 0.1) is 0 Å². The van der Waals surface area contributed by atoms with Crippen LogP contribution >= 0.6 is 15.9 Å². The molecule has 1 aliphatic heterocycles. The summed E-state index contributed by atoms with van der Waals surface area (Å²) in [6.45, 7) is 6.50. The number of nitrogens with zero attached hydrogens (tertiary/aromatic N) is 1. The smallest absolute Gasteiger partial charge is 0.119 e. The molecule has 1 atom stereocenters. The Morgan fingerprint density at radius 1 is 1.33 bits per heavy atom. The molecule has 1 N–H and O–H groups in total. The number of ether oxygens (including phenoxy) is 1. The Balaban J connectivity index is 2.10. The first-order valence-electron chi connectivity index (χ1n) is 7.72. The number of benzene rings is 1. The Kier molecular flexibility index (Phi) is 5.69. The van der Waals surface area contributed by atoms with Crippen LogP contribution in [0.2, 0.25) is 0 Å². The van der Waals surface area contributed by atoms with Crippen molar-refractivity contribution in [3.8, 4) is 5.75 Å². The molecule has 1 fully saturated rings. The Bertz CT molecular complexity index is 478. The summed E-state index contributed by atoms with van der Waals surface area (Å²) in [6.07, 6.45) is 3.42. The fraction of sp³-hybridized carbons (Fsp3) is 0.647.